The van der Waals surface area contributed by atoms with Gasteiger partial charge >= 0.3 is 6.09 Å². The van der Waals surface area contributed by atoms with Gasteiger partial charge in [0.1, 0.15) is 16.3 Å². The van der Waals surface area contributed by atoms with E-state index in [4.69, 9.17) is 9.72 Å². The Morgan fingerprint density at radius 2 is 1.88 bits per heavy atom. The van der Waals surface area contributed by atoms with Crippen LogP contribution in [-0.4, -0.2) is 37.3 Å². The van der Waals surface area contributed by atoms with Crippen molar-refractivity contribution >= 4 is 39.4 Å². The number of carbonyl (C=O) groups excluding carboxylic acids is 1. The molecule has 0 aliphatic carbocycles. The average Bonchev–Trinajstić information content (AvgIpc) is 3.49. The van der Waals surface area contributed by atoms with Crippen LogP contribution in [0.4, 0.5) is 4.79 Å². The van der Waals surface area contributed by atoms with Gasteiger partial charge in [-0.15, -0.1) is 11.3 Å². The predicted octanol–water partition coefficient (Wildman–Crippen LogP) is 5.84. The van der Waals surface area contributed by atoms with E-state index < -0.39 is 11.7 Å². The van der Waals surface area contributed by atoms with Gasteiger partial charge in [0.25, 0.3) is 0 Å². The van der Waals surface area contributed by atoms with E-state index in [0.29, 0.717) is 13.1 Å². The fourth-order valence-corrected chi connectivity index (χ4v) is 4.98. The number of aryl methyl sites for hydroxylation is 1. The van der Waals surface area contributed by atoms with Crippen LogP contribution in [0.25, 0.3) is 43.8 Å². The molecule has 4 heterocycles. The predicted molar refractivity (Wildman–Crippen MR) is 137 cm³/mol. The Labute approximate surface area is 202 Å². The number of ether oxygens (including phenoxy) is 1. The minimum atomic E-state index is -0.514. The van der Waals surface area contributed by atoms with Gasteiger partial charge in [-0.05, 0) is 39.0 Å². The number of para-hydroxylation sites is 1. The maximum absolute atomic E-state index is 12.0. The molecule has 0 spiro atoms. The number of aromatic nitrogens is 4. The fraction of sp³-hybridized carbons (Fsp3) is 0.269. The zero-order valence-corrected chi connectivity index (χ0v) is 20.5. The Hall–Kier alpha value is -3.65. The molecule has 0 saturated carbocycles. The molecule has 0 bridgehead atoms. The molecular weight excluding hydrogens is 446 g/mol. The second-order valence-electron chi connectivity index (χ2n) is 9.25. The first kappa shape index (κ1) is 22.2. The van der Waals surface area contributed by atoms with Crippen LogP contribution in [0.3, 0.4) is 0 Å². The van der Waals surface area contributed by atoms with Crippen LogP contribution < -0.4 is 5.32 Å². The number of alkyl carbamates (subject to hydrolysis) is 1. The number of fused-ring (bicyclic) bond motifs is 2. The van der Waals surface area contributed by atoms with Crippen LogP contribution in [0.2, 0.25) is 0 Å². The normalized spacial score (nSPS) is 11.9. The summed E-state index contributed by atoms with van der Waals surface area (Å²) in [4.78, 5) is 21.5. The van der Waals surface area contributed by atoms with Gasteiger partial charge < -0.3 is 19.2 Å². The van der Waals surface area contributed by atoms with Gasteiger partial charge in [0.15, 0.2) is 0 Å². The van der Waals surface area contributed by atoms with Crippen molar-refractivity contribution in [2.45, 2.75) is 32.9 Å². The third-order valence-corrected chi connectivity index (χ3v) is 6.43. The second-order valence-corrected chi connectivity index (χ2v) is 10.1. The van der Waals surface area contributed by atoms with Gasteiger partial charge in [-0.3, -0.25) is 0 Å². The smallest absolute Gasteiger partial charge is 0.407 e. The van der Waals surface area contributed by atoms with Gasteiger partial charge in [0.2, 0.25) is 0 Å². The van der Waals surface area contributed by atoms with Crippen LogP contribution in [0.1, 0.15) is 20.8 Å². The summed E-state index contributed by atoms with van der Waals surface area (Å²) in [5, 5.41) is 8.15. The lowest BCUT2D eigenvalue weighted by Gasteiger charge is -2.19. The van der Waals surface area contributed by atoms with Gasteiger partial charge in [0.05, 0.1) is 5.69 Å². The number of benzene rings is 1. The van der Waals surface area contributed by atoms with E-state index in [1.807, 2.05) is 56.8 Å². The van der Waals surface area contributed by atoms with Gasteiger partial charge in [-0.1, -0.05) is 18.2 Å². The molecule has 0 fully saturated rings. The van der Waals surface area contributed by atoms with Crippen LogP contribution in [0.15, 0.2) is 60.4 Å². The highest BCUT2D eigenvalue weighted by Crippen LogP contribution is 2.36. The summed E-state index contributed by atoms with van der Waals surface area (Å²) in [5.41, 5.74) is 4.65. The largest absolute Gasteiger partial charge is 0.444 e. The van der Waals surface area contributed by atoms with Crippen molar-refractivity contribution in [2.24, 2.45) is 7.05 Å². The molecule has 0 unspecified atom stereocenters. The molecule has 5 aromatic rings. The zero-order chi connectivity index (χ0) is 23.9. The van der Waals surface area contributed by atoms with Crippen molar-refractivity contribution in [3.63, 3.8) is 0 Å². The third kappa shape index (κ3) is 4.28. The molecule has 1 aromatic carbocycles. The minimum Gasteiger partial charge on any atom is -0.444 e. The quantitative estimate of drug-likeness (QED) is 0.348. The first-order valence-corrected chi connectivity index (χ1v) is 12.1. The van der Waals surface area contributed by atoms with E-state index in [-0.39, 0.29) is 0 Å². The molecule has 0 radical (unpaired) electrons. The minimum absolute atomic E-state index is 0.404. The summed E-state index contributed by atoms with van der Waals surface area (Å²) in [6.45, 7) is 6.67. The number of carbonyl (C=O) groups is 1. The number of nitrogens with zero attached hydrogens (tertiary/aromatic N) is 4. The third-order valence-electron chi connectivity index (χ3n) is 5.55. The van der Waals surface area contributed by atoms with E-state index in [0.717, 1.165) is 43.8 Å². The van der Waals surface area contributed by atoms with Gasteiger partial charge in [0, 0.05) is 71.5 Å². The van der Waals surface area contributed by atoms with Crippen molar-refractivity contribution in [3.05, 3.63) is 60.4 Å². The average molecular weight is 474 g/mol. The SMILES string of the molecule is Cn1cc(-c2csc(-c3cn(CCNC(=O)OC(C)(C)C)c4ccccc34)n2)c2cccnc21. The molecule has 1 N–H and O–H groups in total. The standard InChI is InChI=1S/C26H27N5O2S/c1-26(2,3)33-25(32)28-12-13-31-15-20(17-8-5-6-10-22(17)31)24-29-21(16-34-24)19-14-30(4)23-18(19)9-7-11-27-23/h5-11,14-16H,12-13H2,1-4H3,(H,28,32). The first-order valence-electron chi connectivity index (χ1n) is 11.2. The highest BCUT2D eigenvalue weighted by atomic mass is 32.1. The van der Waals surface area contributed by atoms with Crippen LogP contribution in [-0.2, 0) is 18.3 Å². The molecular formula is C26H27N5O2S. The molecule has 1 amide bonds. The Morgan fingerprint density at radius 3 is 2.71 bits per heavy atom. The summed E-state index contributed by atoms with van der Waals surface area (Å²) < 4.78 is 9.53. The summed E-state index contributed by atoms with van der Waals surface area (Å²) in [6.07, 6.45) is 5.61. The van der Waals surface area contributed by atoms with Gasteiger partial charge in [-0.25, -0.2) is 14.8 Å². The number of amides is 1. The van der Waals surface area contributed by atoms with Crippen LogP contribution >= 0.6 is 11.3 Å². The maximum atomic E-state index is 12.0. The van der Waals surface area contributed by atoms with Gasteiger partial charge in [-0.2, -0.15) is 0 Å². The summed E-state index contributed by atoms with van der Waals surface area (Å²) in [7, 11) is 2.01. The number of nitrogens with one attached hydrogen (secondary N) is 1. The lowest BCUT2D eigenvalue weighted by Crippen LogP contribution is -2.34. The van der Waals surface area contributed by atoms with E-state index in [9.17, 15) is 4.79 Å². The van der Waals surface area contributed by atoms with E-state index in [1.165, 1.54) is 0 Å². The monoisotopic (exact) mass is 473 g/mol. The van der Waals surface area contributed by atoms with Crippen molar-refractivity contribution in [1.29, 1.82) is 0 Å². The molecule has 5 rings (SSSR count). The highest BCUT2D eigenvalue weighted by molar-refractivity contribution is 7.13. The number of pyridine rings is 1. The van der Waals surface area contributed by atoms with Crippen LogP contribution in [0.5, 0.6) is 0 Å². The summed E-state index contributed by atoms with van der Waals surface area (Å²) >= 11 is 1.63. The van der Waals surface area contributed by atoms with Crippen molar-refractivity contribution in [1.82, 2.24) is 24.4 Å². The molecule has 0 saturated heterocycles. The molecule has 174 valence electrons. The molecule has 7 nitrogen and oxygen atoms in total. The van der Waals surface area contributed by atoms with Crippen molar-refractivity contribution in [3.8, 4) is 21.8 Å². The molecule has 8 heteroatoms. The second kappa shape index (κ2) is 8.61. The maximum Gasteiger partial charge on any atom is 0.407 e. The van der Waals surface area contributed by atoms with Crippen molar-refractivity contribution < 1.29 is 9.53 Å². The topological polar surface area (TPSA) is 74.0 Å². The summed E-state index contributed by atoms with van der Waals surface area (Å²) in [6, 6.07) is 12.3. The lowest BCUT2D eigenvalue weighted by atomic mass is 10.1. The Bertz CT molecular complexity index is 1490. The number of thiazole rings is 1. The Balaban J connectivity index is 1.43. The molecule has 0 aliphatic heterocycles. The lowest BCUT2D eigenvalue weighted by molar-refractivity contribution is 0.0526. The number of rotatable bonds is 5. The number of hydrogen-bond acceptors (Lipinski definition) is 5. The molecule has 0 aliphatic rings. The van der Waals surface area contributed by atoms with Crippen molar-refractivity contribution in [2.75, 3.05) is 6.54 Å². The van der Waals surface area contributed by atoms with E-state index >= 15 is 0 Å². The van der Waals surface area contributed by atoms with Crippen LogP contribution in [0, 0.1) is 0 Å². The molecule has 4 aromatic heterocycles. The Morgan fingerprint density at radius 1 is 1.09 bits per heavy atom. The summed E-state index contributed by atoms with van der Waals surface area (Å²) in [5.74, 6) is 0. The zero-order valence-electron chi connectivity index (χ0n) is 19.7. The van der Waals surface area contributed by atoms with E-state index in [2.05, 4.69) is 50.8 Å². The fourth-order valence-electron chi connectivity index (χ4n) is 4.13. The molecule has 0 atom stereocenters. The Kier molecular flexibility index (Phi) is 5.61. The highest BCUT2D eigenvalue weighted by Gasteiger charge is 2.18. The first-order chi connectivity index (χ1) is 16.3. The number of hydrogen-bond donors (Lipinski definition) is 1. The van der Waals surface area contributed by atoms with E-state index in [1.54, 1.807) is 11.3 Å². The molecule has 34 heavy (non-hydrogen) atoms.